The molecule has 1 fully saturated rings. The van der Waals surface area contributed by atoms with E-state index in [2.05, 4.69) is 25.4 Å². The van der Waals surface area contributed by atoms with Gasteiger partial charge in [0.25, 0.3) is 0 Å². The predicted octanol–water partition coefficient (Wildman–Crippen LogP) is 3.43. The quantitative estimate of drug-likeness (QED) is 0.597. The number of nitrogen functional groups attached to an aromatic ring is 1. The Hall–Kier alpha value is -3.14. The van der Waals surface area contributed by atoms with Gasteiger partial charge in [-0.3, -0.25) is 4.98 Å². The number of benzene rings is 1. The van der Waals surface area contributed by atoms with E-state index in [-0.39, 0.29) is 5.69 Å². The number of aromatic nitrogens is 3. The minimum atomic E-state index is -4.43. The molecule has 0 amide bonds. The molecule has 1 saturated heterocycles. The maximum Gasteiger partial charge on any atom is 0.416 e. The van der Waals surface area contributed by atoms with Gasteiger partial charge in [-0.05, 0) is 43.2 Å². The van der Waals surface area contributed by atoms with E-state index in [0.29, 0.717) is 43.3 Å². The summed E-state index contributed by atoms with van der Waals surface area (Å²) < 4.78 is 44.5. The Bertz CT molecular complexity index is 1080. The molecule has 0 radical (unpaired) electrons. The summed E-state index contributed by atoms with van der Waals surface area (Å²) in [5.41, 5.74) is 7.90. The number of aryl methyl sites for hydroxylation is 1. The van der Waals surface area contributed by atoms with Crippen molar-refractivity contribution >= 4 is 28.1 Å². The van der Waals surface area contributed by atoms with E-state index in [4.69, 9.17) is 10.5 Å². The topological polar surface area (TPSA) is 89.2 Å². The molecule has 3 aromatic rings. The van der Waals surface area contributed by atoms with Gasteiger partial charge >= 0.3 is 6.18 Å². The van der Waals surface area contributed by atoms with Crippen LogP contribution in [-0.2, 0) is 17.3 Å². The second-order valence-corrected chi connectivity index (χ2v) is 7.46. The zero-order valence-electron chi connectivity index (χ0n) is 17.0. The van der Waals surface area contributed by atoms with Crippen LogP contribution in [0.5, 0.6) is 0 Å². The van der Waals surface area contributed by atoms with Crippen LogP contribution in [0.15, 0.2) is 30.5 Å². The number of fused-ring (bicyclic) bond motifs is 1. The molecule has 1 aliphatic rings. The first kappa shape index (κ1) is 21.1. The molecule has 10 heteroatoms. The fraction of sp³-hybridized carbons (Fsp3) is 0.381. The van der Waals surface area contributed by atoms with Crippen LogP contribution in [0.2, 0.25) is 0 Å². The second-order valence-electron chi connectivity index (χ2n) is 7.46. The van der Waals surface area contributed by atoms with Gasteiger partial charge in [-0.1, -0.05) is 0 Å². The Balaban J connectivity index is 1.54. The largest absolute Gasteiger partial charge is 0.416 e. The number of nitrogens with zero attached hydrogens (tertiary/aromatic N) is 4. The summed E-state index contributed by atoms with van der Waals surface area (Å²) in [6.07, 6.45) is -2.27. The van der Waals surface area contributed by atoms with Crippen LogP contribution in [0.3, 0.4) is 0 Å². The van der Waals surface area contributed by atoms with Crippen LogP contribution in [0, 0.1) is 6.92 Å². The van der Waals surface area contributed by atoms with Crippen molar-refractivity contribution < 1.29 is 17.9 Å². The highest BCUT2D eigenvalue weighted by atomic mass is 19.4. The number of hydrogen-bond acceptors (Lipinski definition) is 7. The third-order valence-electron chi connectivity index (χ3n) is 5.20. The minimum absolute atomic E-state index is 0.0877. The fourth-order valence-corrected chi connectivity index (χ4v) is 3.63. The Morgan fingerprint density at radius 1 is 1.13 bits per heavy atom. The minimum Gasteiger partial charge on any atom is -0.399 e. The highest BCUT2D eigenvalue weighted by Gasteiger charge is 2.31. The SMILES string of the molecule is Cc1nnc(NCCc2cc(N)cc(C(F)(F)F)c2)c2cc(N3CCOCC3)cnc12. The third-order valence-corrected chi connectivity index (χ3v) is 5.20. The first-order valence-electron chi connectivity index (χ1n) is 9.97. The summed E-state index contributed by atoms with van der Waals surface area (Å²) in [4.78, 5) is 6.76. The van der Waals surface area contributed by atoms with E-state index in [1.807, 2.05) is 19.2 Å². The van der Waals surface area contributed by atoms with Crippen LogP contribution >= 0.6 is 0 Å². The van der Waals surface area contributed by atoms with E-state index in [1.165, 1.54) is 0 Å². The lowest BCUT2D eigenvalue weighted by molar-refractivity contribution is -0.137. The summed E-state index contributed by atoms with van der Waals surface area (Å²) in [6.45, 7) is 5.10. The zero-order valence-corrected chi connectivity index (χ0v) is 17.0. The van der Waals surface area contributed by atoms with Gasteiger partial charge in [-0.15, -0.1) is 5.10 Å². The van der Waals surface area contributed by atoms with Gasteiger partial charge in [-0.2, -0.15) is 18.3 Å². The molecule has 0 bridgehead atoms. The second kappa shape index (κ2) is 8.54. The molecule has 164 valence electrons. The zero-order chi connectivity index (χ0) is 22.0. The fourth-order valence-electron chi connectivity index (χ4n) is 3.63. The Labute approximate surface area is 177 Å². The number of alkyl halides is 3. The van der Waals surface area contributed by atoms with Crippen LogP contribution in [0.25, 0.3) is 10.9 Å². The molecule has 0 unspecified atom stereocenters. The van der Waals surface area contributed by atoms with Crippen LogP contribution in [0.4, 0.5) is 30.4 Å². The lowest BCUT2D eigenvalue weighted by atomic mass is 10.1. The Kier molecular flexibility index (Phi) is 5.81. The highest BCUT2D eigenvalue weighted by Crippen LogP contribution is 2.31. The number of anilines is 3. The summed E-state index contributed by atoms with van der Waals surface area (Å²) >= 11 is 0. The number of rotatable bonds is 5. The van der Waals surface area contributed by atoms with E-state index in [1.54, 1.807) is 6.07 Å². The molecule has 31 heavy (non-hydrogen) atoms. The molecule has 4 rings (SSSR count). The molecule has 2 aromatic heterocycles. The number of hydrogen-bond donors (Lipinski definition) is 2. The molecule has 7 nitrogen and oxygen atoms in total. The summed E-state index contributed by atoms with van der Waals surface area (Å²) in [5.74, 6) is 0.545. The van der Waals surface area contributed by atoms with Crippen molar-refractivity contribution in [2.75, 3.05) is 48.8 Å². The standard InChI is InChI=1S/C21H23F3N6O/c1-13-19-18(11-17(12-27-19)30-4-6-31-7-5-30)20(29-28-13)26-3-2-14-8-15(21(22,23)24)10-16(25)9-14/h8-12H,2-7,25H2,1H3,(H,26,29). The van der Waals surface area contributed by atoms with Crippen LogP contribution in [0.1, 0.15) is 16.8 Å². The van der Waals surface area contributed by atoms with Gasteiger partial charge in [0.15, 0.2) is 5.82 Å². The number of nitrogens with two attached hydrogens (primary N) is 1. The average molecular weight is 432 g/mol. The number of morpholine rings is 1. The van der Waals surface area contributed by atoms with Crippen molar-refractivity contribution in [2.45, 2.75) is 19.5 Å². The van der Waals surface area contributed by atoms with Crippen molar-refractivity contribution in [2.24, 2.45) is 0 Å². The Morgan fingerprint density at radius 3 is 2.65 bits per heavy atom. The number of pyridine rings is 1. The van der Waals surface area contributed by atoms with Crippen molar-refractivity contribution in [1.29, 1.82) is 0 Å². The van der Waals surface area contributed by atoms with Crippen molar-refractivity contribution in [3.05, 3.63) is 47.3 Å². The lowest BCUT2D eigenvalue weighted by Gasteiger charge is -2.28. The average Bonchev–Trinajstić information content (AvgIpc) is 2.75. The summed E-state index contributed by atoms with van der Waals surface area (Å²) in [7, 11) is 0. The Morgan fingerprint density at radius 2 is 1.90 bits per heavy atom. The number of halogens is 3. The van der Waals surface area contributed by atoms with Crippen LogP contribution < -0.4 is 16.0 Å². The first-order valence-corrected chi connectivity index (χ1v) is 9.97. The molecule has 1 aliphatic heterocycles. The number of ether oxygens (including phenoxy) is 1. The van der Waals surface area contributed by atoms with Crippen LogP contribution in [-0.4, -0.2) is 48.0 Å². The molecular formula is C21H23F3N6O. The molecule has 0 saturated carbocycles. The normalized spacial score (nSPS) is 14.8. The number of nitrogens with one attached hydrogen (secondary N) is 1. The monoisotopic (exact) mass is 432 g/mol. The maximum atomic E-state index is 13.0. The van der Waals surface area contributed by atoms with Gasteiger partial charge in [-0.25, -0.2) is 0 Å². The van der Waals surface area contributed by atoms with Gasteiger partial charge < -0.3 is 20.7 Å². The molecule has 0 atom stereocenters. The molecule has 3 heterocycles. The van der Waals surface area contributed by atoms with E-state index >= 15 is 0 Å². The molecular weight excluding hydrogens is 409 g/mol. The van der Waals surface area contributed by atoms with Gasteiger partial charge in [0.2, 0.25) is 0 Å². The molecule has 1 aromatic carbocycles. The first-order chi connectivity index (χ1) is 14.8. The molecule has 0 aliphatic carbocycles. The predicted molar refractivity (Wildman–Crippen MR) is 113 cm³/mol. The van der Waals surface area contributed by atoms with Gasteiger partial charge in [0.1, 0.15) is 0 Å². The van der Waals surface area contributed by atoms with Crippen molar-refractivity contribution in [1.82, 2.24) is 15.2 Å². The third kappa shape index (κ3) is 4.79. The maximum absolute atomic E-state index is 13.0. The van der Waals surface area contributed by atoms with E-state index in [9.17, 15) is 13.2 Å². The molecule has 3 N–H and O–H groups in total. The lowest BCUT2D eigenvalue weighted by Crippen LogP contribution is -2.36. The van der Waals surface area contributed by atoms with Gasteiger partial charge in [0, 0.05) is 30.7 Å². The van der Waals surface area contributed by atoms with Gasteiger partial charge in [0.05, 0.1) is 41.9 Å². The van der Waals surface area contributed by atoms with Crippen molar-refractivity contribution in [3.8, 4) is 0 Å². The molecule has 0 spiro atoms. The van der Waals surface area contributed by atoms with E-state index in [0.717, 1.165) is 41.8 Å². The summed E-state index contributed by atoms with van der Waals surface area (Å²) in [6, 6.07) is 5.62. The highest BCUT2D eigenvalue weighted by molar-refractivity contribution is 5.92. The summed E-state index contributed by atoms with van der Waals surface area (Å²) in [5, 5.41) is 12.4. The smallest absolute Gasteiger partial charge is 0.399 e. The van der Waals surface area contributed by atoms with E-state index < -0.39 is 11.7 Å². The van der Waals surface area contributed by atoms with Crippen molar-refractivity contribution in [3.63, 3.8) is 0 Å².